The molecule has 3 nitrogen and oxygen atoms in total. The zero-order valence-corrected chi connectivity index (χ0v) is 13.0. The van der Waals surface area contributed by atoms with Gasteiger partial charge < -0.3 is 11.1 Å². The van der Waals surface area contributed by atoms with E-state index in [0.717, 1.165) is 31.2 Å². The minimum Gasteiger partial charge on any atom is -0.351 e. The summed E-state index contributed by atoms with van der Waals surface area (Å²) in [6, 6.07) is 7.17. The Morgan fingerprint density at radius 2 is 2.00 bits per heavy atom. The molecule has 0 saturated heterocycles. The zero-order chi connectivity index (χ0) is 15.8. The summed E-state index contributed by atoms with van der Waals surface area (Å²) < 4.78 is 14.9. The first-order valence-corrected chi connectivity index (χ1v) is 8.07. The number of carbonyl (C=O) groups excluding carboxylic acids is 1. The maximum Gasteiger partial charge on any atom is 0.251 e. The molecule has 0 saturated carbocycles. The van der Waals surface area contributed by atoms with E-state index in [1.807, 2.05) is 18.2 Å². The Bertz CT molecular complexity index is 512. The summed E-state index contributed by atoms with van der Waals surface area (Å²) >= 11 is 0. The second-order valence-corrected chi connectivity index (χ2v) is 5.95. The Labute approximate surface area is 131 Å². The number of benzene rings is 1. The maximum atomic E-state index is 14.9. The molecule has 22 heavy (non-hydrogen) atoms. The van der Waals surface area contributed by atoms with E-state index < -0.39 is 5.67 Å². The zero-order valence-electron chi connectivity index (χ0n) is 13.0. The average Bonchev–Trinajstić information content (AvgIpc) is 2.50. The van der Waals surface area contributed by atoms with Gasteiger partial charge in [0.1, 0.15) is 5.67 Å². The van der Waals surface area contributed by atoms with Crippen molar-refractivity contribution in [1.82, 2.24) is 5.32 Å². The minimum absolute atomic E-state index is 0.141. The van der Waals surface area contributed by atoms with Gasteiger partial charge in [-0.3, -0.25) is 4.79 Å². The molecule has 0 radical (unpaired) electrons. The maximum absolute atomic E-state index is 14.9. The summed E-state index contributed by atoms with van der Waals surface area (Å²) in [5.41, 5.74) is 5.60. The van der Waals surface area contributed by atoms with E-state index in [2.05, 4.69) is 5.32 Å². The summed E-state index contributed by atoms with van der Waals surface area (Å²) in [7, 11) is 0. The summed E-state index contributed by atoms with van der Waals surface area (Å²) in [5.74, 6) is -0.141. The van der Waals surface area contributed by atoms with Gasteiger partial charge in [-0.15, -0.1) is 0 Å². The Kier molecular flexibility index (Phi) is 6.13. The number of nitrogens with one attached hydrogen (secondary N) is 1. The van der Waals surface area contributed by atoms with E-state index in [1.54, 1.807) is 18.2 Å². The number of carbonyl (C=O) groups is 1. The van der Waals surface area contributed by atoms with Crippen LogP contribution in [0, 0.1) is 0 Å². The topological polar surface area (TPSA) is 55.1 Å². The predicted molar refractivity (Wildman–Crippen MR) is 87.6 cm³/mol. The third kappa shape index (κ3) is 4.95. The molecule has 0 bridgehead atoms. The van der Waals surface area contributed by atoms with Crippen LogP contribution in [0.15, 0.2) is 36.4 Å². The van der Waals surface area contributed by atoms with E-state index in [4.69, 9.17) is 5.73 Å². The van der Waals surface area contributed by atoms with Crippen LogP contribution in [-0.2, 0) is 6.42 Å². The third-order valence-corrected chi connectivity index (χ3v) is 4.02. The fourth-order valence-corrected chi connectivity index (χ4v) is 2.78. The van der Waals surface area contributed by atoms with Gasteiger partial charge in [0.05, 0.1) is 0 Å². The Hall–Kier alpha value is -1.68. The Morgan fingerprint density at radius 1 is 1.23 bits per heavy atom. The standard InChI is InChI=1S/C18H25FN2O/c19-18(10-4-2-1-3-5-11-18)14-15-6-8-16(9-7-15)17(22)21-13-12-20/h4,6-10H,1-3,5,11-14,20H2,(H,21,22)/b10-4-. The lowest BCUT2D eigenvalue weighted by atomic mass is 9.88. The van der Waals surface area contributed by atoms with E-state index >= 15 is 0 Å². The Balaban J connectivity index is 2.00. The highest BCUT2D eigenvalue weighted by molar-refractivity contribution is 5.94. The summed E-state index contributed by atoms with van der Waals surface area (Å²) in [5, 5.41) is 2.72. The molecule has 1 atom stereocenters. The fourth-order valence-electron chi connectivity index (χ4n) is 2.78. The normalized spacial score (nSPS) is 23.4. The molecule has 1 unspecified atom stereocenters. The molecule has 4 heteroatoms. The van der Waals surface area contributed by atoms with Crippen molar-refractivity contribution in [2.45, 2.75) is 44.2 Å². The smallest absolute Gasteiger partial charge is 0.251 e. The number of nitrogens with two attached hydrogens (primary N) is 1. The molecule has 1 aliphatic carbocycles. The van der Waals surface area contributed by atoms with Crippen molar-refractivity contribution in [3.8, 4) is 0 Å². The molecule has 3 N–H and O–H groups in total. The second-order valence-electron chi connectivity index (χ2n) is 5.95. The van der Waals surface area contributed by atoms with Crippen molar-refractivity contribution in [3.05, 3.63) is 47.5 Å². The molecular formula is C18H25FN2O. The van der Waals surface area contributed by atoms with E-state index in [1.165, 1.54) is 0 Å². The third-order valence-electron chi connectivity index (χ3n) is 4.02. The van der Waals surface area contributed by atoms with Gasteiger partial charge in [0, 0.05) is 25.1 Å². The molecule has 1 amide bonds. The van der Waals surface area contributed by atoms with Crippen LogP contribution in [-0.4, -0.2) is 24.7 Å². The van der Waals surface area contributed by atoms with Gasteiger partial charge in [-0.1, -0.05) is 30.7 Å². The fraction of sp³-hybridized carbons (Fsp3) is 0.500. The van der Waals surface area contributed by atoms with Crippen molar-refractivity contribution < 1.29 is 9.18 Å². The number of allylic oxidation sites excluding steroid dienone is 2. The van der Waals surface area contributed by atoms with Crippen LogP contribution in [0.2, 0.25) is 0 Å². The lowest BCUT2D eigenvalue weighted by Gasteiger charge is -2.23. The van der Waals surface area contributed by atoms with Crippen molar-refractivity contribution in [1.29, 1.82) is 0 Å². The summed E-state index contributed by atoms with van der Waals surface area (Å²) in [4.78, 5) is 11.8. The first-order valence-electron chi connectivity index (χ1n) is 8.07. The Morgan fingerprint density at radius 3 is 2.73 bits per heavy atom. The van der Waals surface area contributed by atoms with Crippen molar-refractivity contribution in [2.75, 3.05) is 13.1 Å². The molecule has 1 aliphatic rings. The highest BCUT2D eigenvalue weighted by atomic mass is 19.1. The monoisotopic (exact) mass is 304 g/mol. The lowest BCUT2D eigenvalue weighted by Crippen LogP contribution is -2.29. The van der Waals surface area contributed by atoms with Gasteiger partial charge in [-0.05, 0) is 43.4 Å². The molecule has 0 heterocycles. The average molecular weight is 304 g/mol. The molecule has 2 rings (SSSR count). The number of hydrogen-bond acceptors (Lipinski definition) is 2. The van der Waals surface area contributed by atoms with Crippen LogP contribution < -0.4 is 11.1 Å². The van der Waals surface area contributed by atoms with Crippen LogP contribution in [0.1, 0.15) is 48.0 Å². The van der Waals surface area contributed by atoms with Crippen molar-refractivity contribution >= 4 is 5.91 Å². The molecule has 1 aromatic carbocycles. The molecular weight excluding hydrogens is 279 g/mol. The van der Waals surface area contributed by atoms with Crippen molar-refractivity contribution in [3.63, 3.8) is 0 Å². The number of halogens is 1. The predicted octanol–water partition coefficient (Wildman–Crippen LogP) is 3.15. The van der Waals surface area contributed by atoms with E-state index in [0.29, 0.717) is 31.5 Å². The van der Waals surface area contributed by atoms with Gasteiger partial charge in [0.25, 0.3) is 5.91 Å². The van der Waals surface area contributed by atoms with Crippen LogP contribution >= 0.6 is 0 Å². The van der Waals surface area contributed by atoms with E-state index in [-0.39, 0.29) is 5.91 Å². The lowest BCUT2D eigenvalue weighted by molar-refractivity contribution is 0.0955. The molecule has 0 aromatic heterocycles. The van der Waals surface area contributed by atoms with Gasteiger partial charge in [-0.2, -0.15) is 0 Å². The van der Waals surface area contributed by atoms with Gasteiger partial charge in [0.15, 0.2) is 0 Å². The van der Waals surface area contributed by atoms with Gasteiger partial charge in [-0.25, -0.2) is 4.39 Å². The van der Waals surface area contributed by atoms with Gasteiger partial charge >= 0.3 is 0 Å². The van der Waals surface area contributed by atoms with Crippen LogP contribution in [0.4, 0.5) is 4.39 Å². The summed E-state index contributed by atoms with van der Waals surface area (Å²) in [6.45, 7) is 0.875. The van der Waals surface area contributed by atoms with Crippen LogP contribution in [0.3, 0.4) is 0 Å². The van der Waals surface area contributed by atoms with Crippen molar-refractivity contribution in [2.24, 2.45) is 5.73 Å². The minimum atomic E-state index is -1.26. The van der Waals surface area contributed by atoms with Gasteiger partial charge in [0.2, 0.25) is 0 Å². The van der Waals surface area contributed by atoms with Crippen LogP contribution in [0.5, 0.6) is 0 Å². The number of amides is 1. The number of rotatable bonds is 5. The SMILES string of the molecule is NCCNC(=O)c1ccc(CC2(F)/C=C\CCCCC2)cc1. The molecule has 1 aromatic rings. The number of alkyl halides is 1. The molecule has 0 aliphatic heterocycles. The molecule has 0 spiro atoms. The highest BCUT2D eigenvalue weighted by Gasteiger charge is 2.26. The largest absolute Gasteiger partial charge is 0.351 e. The highest BCUT2D eigenvalue weighted by Crippen LogP contribution is 2.29. The van der Waals surface area contributed by atoms with Crippen LogP contribution in [0.25, 0.3) is 0 Å². The molecule has 0 fully saturated rings. The quantitative estimate of drug-likeness (QED) is 0.821. The van der Waals surface area contributed by atoms with E-state index in [9.17, 15) is 9.18 Å². The number of hydrogen-bond donors (Lipinski definition) is 2. The summed E-state index contributed by atoms with van der Waals surface area (Å²) in [6.07, 6.45) is 8.78. The first-order chi connectivity index (χ1) is 10.6. The first kappa shape index (κ1) is 16.7. The molecule has 120 valence electrons. The second kappa shape index (κ2) is 8.08.